The Morgan fingerprint density at radius 2 is 1.92 bits per heavy atom. The van der Waals surface area contributed by atoms with E-state index >= 15 is 0 Å². The van der Waals surface area contributed by atoms with Gasteiger partial charge in [-0.05, 0) is 68.8 Å². The van der Waals surface area contributed by atoms with E-state index in [2.05, 4.69) is 39.6 Å². The summed E-state index contributed by atoms with van der Waals surface area (Å²) in [4.78, 5) is 22.3. The molecule has 0 radical (unpaired) electrons. The number of thiazole rings is 1. The van der Waals surface area contributed by atoms with E-state index < -0.39 is 0 Å². The summed E-state index contributed by atoms with van der Waals surface area (Å²) in [5.74, 6) is -0.265. The fraction of sp³-hybridized carbons (Fsp3) is 0.148. The van der Waals surface area contributed by atoms with E-state index in [9.17, 15) is 4.79 Å². The topological polar surface area (TPSA) is 90.0 Å². The summed E-state index contributed by atoms with van der Waals surface area (Å²) in [6.07, 6.45) is 5.23. The van der Waals surface area contributed by atoms with Crippen molar-refractivity contribution in [1.82, 2.24) is 29.4 Å². The Morgan fingerprint density at radius 3 is 2.69 bits per heavy atom. The van der Waals surface area contributed by atoms with Crippen molar-refractivity contribution in [2.45, 2.75) is 27.3 Å². The molecule has 1 N–H and O–H groups in total. The van der Waals surface area contributed by atoms with Crippen LogP contribution in [0.1, 0.15) is 28.5 Å². The van der Waals surface area contributed by atoms with Gasteiger partial charge in [0.05, 0.1) is 27.8 Å². The Balaban J connectivity index is 1.26. The average molecular weight is 494 g/mol. The molecule has 0 spiro atoms. The van der Waals surface area contributed by atoms with Crippen LogP contribution in [0.4, 0.5) is 5.69 Å². The first-order valence-corrected chi connectivity index (χ1v) is 12.5. The number of benzene rings is 2. The van der Waals surface area contributed by atoms with Crippen LogP contribution in [-0.2, 0) is 6.54 Å². The predicted octanol–water partition coefficient (Wildman–Crippen LogP) is 5.76. The van der Waals surface area contributed by atoms with Crippen molar-refractivity contribution in [3.63, 3.8) is 0 Å². The maximum Gasteiger partial charge on any atom is 0.261 e. The molecule has 0 unspecified atom stereocenters. The number of carbonyl (C=O) groups excluding carboxylic acids is 1. The van der Waals surface area contributed by atoms with Gasteiger partial charge in [0.25, 0.3) is 5.91 Å². The lowest BCUT2D eigenvalue weighted by Gasteiger charge is -2.06. The molecule has 4 heterocycles. The zero-order chi connectivity index (χ0) is 24.8. The first-order valence-electron chi connectivity index (χ1n) is 11.7. The van der Waals surface area contributed by atoms with Crippen molar-refractivity contribution in [2.24, 2.45) is 0 Å². The number of fused-ring (bicyclic) bond motifs is 2. The minimum absolute atomic E-state index is 0.265. The summed E-state index contributed by atoms with van der Waals surface area (Å²) < 4.78 is 4.74. The lowest BCUT2D eigenvalue weighted by atomic mass is 10.2. The number of hydrogen-bond acceptors (Lipinski definition) is 6. The second-order valence-electron chi connectivity index (χ2n) is 8.63. The minimum Gasteiger partial charge on any atom is -0.322 e. The van der Waals surface area contributed by atoms with E-state index in [1.165, 1.54) is 10.3 Å². The van der Waals surface area contributed by atoms with Gasteiger partial charge in [-0.1, -0.05) is 6.07 Å². The lowest BCUT2D eigenvalue weighted by Crippen LogP contribution is -2.12. The van der Waals surface area contributed by atoms with Gasteiger partial charge in [-0.3, -0.25) is 9.48 Å². The molecular weight excluding hydrogens is 470 g/mol. The molecule has 0 aliphatic carbocycles. The third kappa shape index (κ3) is 3.83. The smallest absolute Gasteiger partial charge is 0.261 e. The van der Waals surface area contributed by atoms with Crippen molar-refractivity contribution in [3.8, 4) is 21.8 Å². The predicted molar refractivity (Wildman–Crippen MR) is 142 cm³/mol. The van der Waals surface area contributed by atoms with E-state index in [0.717, 1.165) is 39.6 Å². The van der Waals surface area contributed by atoms with Gasteiger partial charge in [0.15, 0.2) is 5.65 Å². The third-order valence-corrected chi connectivity index (χ3v) is 7.19. The average Bonchev–Trinajstić information content (AvgIpc) is 3.60. The molecule has 178 valence electrons. The van der Waals surface area contributed by atoms with E-state index in [4.69, 9.17) is 4.98 Å². The quantitative estimate of drug-likeness (QED) is 0.330. The van der Waals surface area contributed by atoms with Crippen LogP contribution < -0.4 is 5.32 Å². The fourth-order valence-corrected chi connectivity index (χ4v) is 5.31. The van der Waals surface area contributed by atoms with Gasteiger partial charge in [0.2, 0.25) is 0 Å². The van der Waals surface area contributed by atoms with Gasteiger partial charge >= 0.3 is 0 Å². The molecular formula is C27H23N7OS. The van der Waals surface area contributed by atoms with Gasteiger partial charge < -0.3 is 5.32 Å². The van der Waals surface area contributed by atoms with E-state index in [0.29, 0.717) is 16.9 Å². The molecule has 36 heavy (non-hydrogen) atoms. The van der Waals surface area contributed by atoms with Crippen LogP contribution in [0.2, 0.25) is 0 Å². The van der Waals surface area contributed by atoms with E-state index in [1.54, 1.807) is 28.2 Å². The number of anilines is 1. The van der Waals surface area contributed by atoms with Crippen molar-refractivity contribution in [3.05, 3.63) is 83.9 Å². The van der Waals surface area contributed by atoms with Crippen LogP contribution in [0.5, 0.6) is 0 Å². The highest BCUT2D eigenvalue weighted by Gasteiger charge is 2.18. The molecule has 0 bridgehead atoms. The Morgan fingerprint density at radius 1 is 1.08 bits per heavy atom. The molecule has 0 fully saturated rings. The van der Waals surface area contributed by atoms with E-state index in [1.807, 2.05) is 61.1 Å². The van der Waals surface area contributed by atoms with Crippen LogP contribution in [0.25, 0.3) is 37.7 Å². The summed E-state index contributed by atoms with van der Waals surface area (Å²) in [6.45, 7) is 6.86. The van der Waals surface area contributed by atoms with Gasteiger partial charge in [0.1, 0.15) is 10.6 Å². The second kappa shape index (κ2) is 8.69. The summed E-state index contributed by atoms with van der Waals surface area (Å²) >= 11 is 1.66. The first kappa shape index (κ1) is 22.1. The molecule has 0 saturated heterocycles. The molecule has 4 aromatic heterocycles. The summed E-state index contributed by atoms with van der Waals surface area (Å²) in [6, 6.07) is 15.9. The normalized spacial score (nSPS) is 11.4. The molecule has 2 aromatic carbocycles. The Bertz CT molecular complexity index is 1740. The Kier molecular flexibility index (Phi) is 5.34. The van der Waals surface area contributed by atoms with Crippen molar-refractivity contribution >= 4 is 38.8 Å². The number of carbonyl (C=O) groups is 1. The highest BCUT2D eigenvalue weighted by molar-refractivity contribution is 7.21. The molecule has 0 aliphatic rings. The SMILES string of the molecule is CCn1cc(-c2ccnc3c(C(=O)Nc4ccc(-c5nc6ccc(C)cc6s5)cc4)cnn23)c(C)n1. The van der Waals surface area contributed by atoms with Gasteiger partial charge in [-0.25, -0.2) is 14.5 Å². The number of aromatic nitrogens is 6. The lowest BCUT2D eigenvalue weighted by molar-refractivity contribution is 0.102. The second-order valence-corrected chi connectivity index (χ2v) is 9.66. The molecule has 6 aromatic rings. The molecule has 0 atom stereocenters. The minimum atomic E-state index is -0.265. The number of amides is 1. The standard InChI is InChI=1S/C27H23N7OS/c1-4-33-15-21(17(3)32-33)23-11-12-28-25-20(14-29-34(23)25)26(35)30-19-8-6-18(7-9-19)27-31-22-10-5-16(2)13-24(22)36-27/h5-15H,4H2,1-3H3,(H,30,35). The highest BCUT2D eigenvalue weighted by Crippen LogP contribution is 2.31. The number of rotatable bonds is 5. The third-order valence-electron chi connectivity index (χ3n) is 6.13. The molecule has 9 heteroatoms. The van der Waals surface area contributed by atoms with E-state index in [-0.39, 0.29) is 5.91 Å². The summed E-state index contributed by atoms with van der Waals surface area (Å²) in [5.41, 5.74) is 7.51. The maximum absolute atomic E-state index is 13.1. The van der Waals surface area contributed by atoms with Gasteiger partial charge in [-0.2, -0.15) is 10.2 Å². The van der Waals surface area contributed by atoms with Crippen LogP contribution in [0.15, 0.2) is 67.1 Å². The molecule has 0 saturated carbocycles. The fourth-order valence-electron chi connectivity index (χ4n) is 4.24. The van der Waals surface area contributed by atoms with Crippen LogP contribution >= 0.6 is 11.3 Å². The molecule has 6 rings (SSSR count). The number of nitrogens with one attached hydrogen (secondary N) is 1. The highest BCUT2D eigenvalue weighted by atomic mass is 32.1. The van der Waals surface area contributed by atoms with Crippen LogP contribution in [0.3, 0.4) is 0 Å². The largest absolute Gasteiger partial charge is 0.322 e. The number of aryl methyl sites for hydroxylation is 3. The summed E-state index contributed by atoms with van der Waals surface area (Å²) in [5, 5.41) is 12.9. The summed E-state index contributed by atoms with van der Waals surface area (Å²) in [7, 11) is 0. The van der Waals surface area contributed by atoms with Crippen molar-refractivity contribution < 1.29 is 4.79 Å². The van der Waals surface area contributed by atoms with Crippen molar-refractivity contribution in [2.75, 3.05) is 5.32 Å². The maximum atomic E-state index is 13.1. The van der Waals surface area contributed by atoms with Crippen LogP contribution in [0, 0.1) is 13.8 Å². The molecule has 1 amide bonds. The van der Waals surface area contributed by atoms with Crippen LogP contribution in [-0.4, -0.2) is 35.3 Å². The zero-order valence-corrected chi connectivity index (χ0v) is 20.9. The van der Waals surface area contributed by atoms with Crippen molar-refractivity contribution in [1.29, 1.82) is 0 Å². The Hall–Kier alpha value is -4.37. The van der Waals surface area contributed by atoms with Gasteiger partial charge in [-0.15, -0.1) is 11.3 Å². The number of hydrogen-bond donors (Lipinski definition) is 1. The monoisotopic (exact) mass is 493 g/mol. The number of nitrogens with zero attached hydrogens (tertiary/aromatic N) is 6. The molecule has 8 nitrogen and oxygen atoms in total. The van der Waals surface area contributed by atoms with Gasteiger partial charge in [0, 0.05) is 35.8 Å². The molecule has 0 aliphatic heterocycles. The first-order chi connectivity index (χ1) is 17.5. The Labute approximate surface area is 211 Å². The zero-order valence-electron chi connectivity index (χ0n) is 20.1.